The predicted octanol–water partition coefficient (Wildman–Crippen LogP) is 1.32. The van der Waals surface area contributed by atoms with Gasteiger partial charge in [-0.3, -0.25) is 4.79 Å². The SMILES string of the molecule is Cc1nc(N2CC[C@@H](O)[C@@H](C(=O)O)C2)ccc1Cl. The first-order valence-corrected chi connectivity index (χ1v) is 6.16. The Kier molecular flexibility index (Phi) is 3.73. The van der Waals surface area contributed by atoms with Gasteiger partial charge in [0.25, 0.3) is 0 Å². The van der Waals surface area contributed by atoms with Gasteiger partial charge in [-0.25, -0.2) is 4.98 Å². The molecule has 1 aromatic rings. The van der Waals surface area contributed by atoms with Crippen molar-refractivity contribution in [2.45, 2.75) is 19.4 Å². The van der Waals surface area contributed by atoms with Crippen LogP contribution < -0.4 is 4.90 Å². The molecule has 0 amide bonds. The Morgan fingerprint density at radius 1 is 1.56 bits per heavy atom. The zero-order valence-corrected chi connectivity index (χ0v) is 10.8. The van der Waals surface area contributed by atoms with Crippen LogP contribution >= 0.6 is 11.6 Å². The Hall–Kier alpha value is -1.33. The molecule has 2 heterocycles. The number of rotatable bonds is 2. The third kappa shape index (κ3) is 2.57. The van der Waals surface area contributed by atoms with Gasteiger partial charge in [0.1, 0.15) is 11.7 Å². The van der Waals surface area contributed by atoms with Crippen molar-refractivity contribution in [3.8, 4) is 0 Å². The van der Waals surface area contributed by atoms with E-state index in [0.29, 0.717) is 29.5 Å². The number of aliphatic carboxylic acids is 1. The molecule has 2 N–H and O–H groups in total. The molecule has 6 heteroatoms. The number of aliphatic hydroxyl groups excluding tert-OH is 1. The second kappa shape index (κ2) is 5.12. The Bertz CT molecular complexity index is 467. The van der Waals surface area contributed by atoms with Crippen molar-refractivity contribution in [1.29, 1.82) is 0 Å². The van der Waals surface area contributed by atoms with Gasteiger partial charge in [0.15, 0.2) is 0 Å². The molecule has 98 valence electrons. The molecule has 0 aliphatic carbocycles. The van der Waals surface area contributed by atoms with E-state index >= 15 is 0 Å². The van der Waals surface area contributed by atoms with Crippen LogP contribution in [0.1, 0.15) is 12.1 Å². The Balaban J connectivity index is 2.18. The lowest BCUT2D eigenvalue weighted by Gasteiger charge is -2.34. The first-order valence-electron chi connectivity index (χ1n) is 5.78. The number of aliphatic hydroxyl groups is 1. The Morgan fingerprint density at radius 2 is 2.28 bits per heavy atom. The zero-order valence-electron chi connectivity index (χ0n) is 10.0. The molecule has 1 aromatic heterocycles. The van der Waals surface area contributed by atoms with E-state index in [4.69, 9.17) is 16.7 Å². The molecule has 0 saturated carbocycles. The normalized spacial score (nSPS) is 24.1. The summed E-state index contributed by atoms with van der Waals surface area (Å²) in [5, 5.41) is 19.3. The number of carboxylic acids is 1. The van der Waals surface area contributed by atoms with Crippen LogP contribution in [0, 0.1) is 12.8 Å². The maximum Gasteiger partial charge on any atom is 0.310 e. The highest BCUT2D eigenvalue weighted by molar-refractivity contribution is 6.31. The summed E-state index contributed by atoms with van der Waals surface area (Å²) in [6.45, 7) is 2.67. The van der Waals surface area contributed by atoms with Crippen LogP contribution in [0.2, 0.25) is 5.02 Å². The number of hydrogen-bond acceptors (Lipinski definition) is 4. The van der Waals surface area contributed by atoms with E-state index in [1.807, 2.05) is 4.90 Å². The minimum absolute atomic E-state index is 0.268. The first-order chi connectivity index (χ1) is 8.49. The molecule has 0 aromatic carbocycles. The number of aryl methyl sites for hydroxylation is 1. The predicted molar refractivity (Wildman–Crippen MR) is 67.9 cm³/mol. The fourth-order valence-corrected chi connectivity index (χ4v) is 2.20. The molecule has 1 aliphatic heterocycles. The standard InChI is InChI=1S/C12H15ClN2O3/c1-7-9(13)2-3-11(14-7)15-5-4-10(16)8(6-15)12(17)18/h2-3,8,10,16H,4-6H2,1H3,(H,17,18)/t8-,10+/m0/s1. The molecular formula is C12H15ClN2O3. The van der Waals surface area contributed by atoms with Crippen molar-refractivity contribution in [3.63, 3.8) is 0 Å². The number of anilines is 1. The van der Waals surface area contributed by atoms with Crippen molar-refractivity contribution >= 4 is 23.4 Å². The van der Waals surface area contributed by atoms with Gasteiger partial charge in [-0.15, -0.1) is 0 Å². The molecule has 0 radical (unpaired) electrons. The highest BCUT2D eigenvalue weighted by Gasteiger charge is 2.33. The third-order valence-corrected chi connectivity index (χ3v) is 3.62. The minimum Gasteiger partial charge on any atom is -0.481 e. The van der Waals surface area contributed by atoms with Crippen LogP contribution in [-0.2, 0) is 4.79 Å². The molecule has 1 saturated heterocycles. The maximum atomic E-state index is 11.0. The molecule has 0 unspecified atom stereocenters. The molecule has 5 nitrogen and oxygen atoms in total. The molecular weight excluding hydrogens is 256 g/mol. The van der Waals surface area contributed by atoms with E-state index < -0.39 is 18.0 Å². The number of piperidine rings is 1. The highest BCUT2D eigenvalue weighted by atomic mass is 35.5. The van der Waals surface area contributed by atoms with Crippen molar-refractivity contribution in [2.24, 2.45) is 5.92 Å². The van der Waals surface area contributed by atoms with Crippen molar-refractivity contribution < 1.29 is 15.0 Å². The van der Waals surface area contributed by atoms with Gasteiger partial charge in [0.05, 0.1) is 16.8 Å². The second-order valence-electron chi connectivity index (χ2n) is 4.48. The van der Waals surface area contributed by atoms with Gasteiger partial charge in [-0.2, -0.15) is 0 Å². The van der Waals surface area contributed by atoms with Crippen LogP contribution in [0.3, 0.4) is 0 Å². The van der Waals surface area contributed by atoms with Gasteiger partial charge in [0.2, 0.25) is 0 Å². The highest BCUT2D eigenvalue weighted by Crippen LogP contribution is 2.24. The third-order valence-electron chi connectivity index (χ3n) is 3.22. The van der Waals surface area contributed by atoms with Gasteiger partial charge >= 0.3 is 5.97 Å². The maximum absolute atomic E-state index is 11.0. The molecule has 1 aliphatic rings. The smallest absolute Gasteiger partial charge is 0.310 e. The summed E-state index contributed by atoms with van der Waals surface area (Å²) in [5.41, 5.74) is 0.715. The summed E-state index contributed by atoms with van der Waals surface area (Å²) >= 11 is 5.91. The molecule has 0 spiro atoms. The Morgan fingerprint density at radius 3 is 2.89 bits per heavy atom. The van der Waals surface area contributed by atoms with Crippen LogP contribution in [-0.4, -0.2) is 40.4 Å². The topological polar surface area (TPSA) is 73.7 Å². The summed E-state index contributed by atoms with van der Waals surface area (Å²) in [5.74, 6) is -1.04. The minimum atomic E-state index is -0.974. The first kappa shape index (κ1) is 13.1. The van der Waals surface area contributed by atoms with E-state index in [1.165, 1.54) is 0 Å². The number of nitrogens with zero attached hydrogens (tertiary/aromatic N) is 2. The van der Waals surface area contributed by atoms with Crippen LogP contribution in [0.15, 0.2) is 12.1 Å². The lowest BCUT2D eigenvalue weighted by atomic mass is 9.95. The van der Waals surface area contributed by atoms with Crippen LogP contribution in [0.25, 0.3) is 0 Å². The number of carbonyl (C=O) groups is 1. The fourth-order valence-electron chi connectivity index (χ4n) is 2.10. The number of pyridine rings is 1. The largest absolute Gasteiger partial charge is 0.481 e. The fraction of sp³-hybridized carbons (Fsp3) is 0.500. The average Bonchev–Trinajstić information content (AvgIpc) is 2.33. The summed E-state index contributed by atoms with van der Waals surface area (Å²) in [6.07, 6.45) is -0.354. The monoisotopic (exact) mass is 270 g/mol. The van der Waals surface area contributed by atoms with Crippen molar-refractivity contribution in [3.05, 3.63) is 22.8 Å². The van der Waals surface area contributed by atoms with Gasteiger partial charge < -0.3 is 15.1 Å². The summed E-state index contributed by atoms with van der Waals surface area (Å²) in [7, 11) is 0. The van der Waals surface area contributed by atoms with E-state index in [2.05, 4.69) is 4.98 Å². The van der Waals surface area contributed by atoms with E-state index in [9.17, 15) is 9.90 Å². The van der Waals surface area contributed by atoms with Crippen molar-refractivity contribution in [2.75, 3.05) is 18.0 Å². The summed E-state index contributed by atoms with van der Waals surface area (Å²) in [6, 6.07) is 3.52. The summed E-state index contributed by atoms with van der Waals surface area (Å²) in [4.78, 5) is 17.2. The number of carboxylic acid groups (broad SMARTS) is 1. The lowest BCUT2D eigenvalue weighted by molar-refractivity contribution is -0.146. The quantitative estimate of drug-likeness (QED) is 0.848. The molecule has 18 heavy (non-hydrogen) atoms. The molecule has 1 fully saturated rings. The van der Waals surface area contributed by atoms with Gasteiger partial charge in [0, 0.05) is 13.1 Å². The Labute approximate surface area is 110 Å². The molecule has 2 atom stereocenters. The van der Waals surface area contributed by atoms with Gasteiger partial charge in [-0.05, 0) is 25.5 Å². The van der Waals surface area contributed by atoms with Crippen LogP contribution in [0.4, 0.5) is 5.82 Å². The van der Waals surface area contributed by atoms with Crippen LogP contribution in [0.5, 0.6) is 0 Å². The molecule has 2 rings (SSSR count). The average molecular weight is 271 g/mol. The van der Waals surface area contributed by atoms with Gasteiger partial charge in [-0.1, -0.05) is 11.6 Å². The van der Waals surface area contributed by atoms with E-state index in [1.54, 1.807) is 19.1 Å². The second-order valence-corrected chi connectivity index (χ2v) is 4.89. The number of halogens is 1. The molecule has 0 bridgehead atoms. The van der Waals surface area contributed by atoms with E-state index in [-0.39, 0.29) is 6.54 Å². The van der Waals surface area contributed by atoms with Crippen molar-refractivity contribution in [1.82, 2.24) is 4.98 Å². The number of aromatic nitrogens is 1. The number of hydrogen-bond donors (Lipinski definition) is 2. The van der Waals surface area contributed by atoms with E-state index in [0.717, 1.165) is 0 Å². The zero-order chi connectivity index (χ0) is 13.3. The lowest BCUT2D eigenvalue weighted by Crippen LogP contribution is -2.46. The summed E-state index contributed by atoms with van der Waals surface area (Å²) < 4.78 is 0.